The van der Waals surface area contributed by atoms with Gasteiger partial charge in [-0.3, -0.25) is 4.79 Å². The van der Waals surface area contributed by atoms with Gasteiger partial charge in [0.05, 0.1) is 15.6 Å². The van der Waals surface area contributed by atoms with Gasteiger partial charge in [0, 0.05) is 6.54 Å². The summed E-state index contributed by atoms with van der Waals surface area (Å²) in [6, 6.07) is 18.8. The summed E-state index contributed by atoms with van der Waals surface area (Å²) in [5.74, 6) is -0.366. The molecular weight excluding hydrogens is 396 g/mol. The zero-order chi connectivity index (χ0) is 19.7. The Hall–Kier alpha value is -2.41. The van der Waals surface area contributed by atoms with Gasteiger partial charge in [-0.2, -0.15) is 4.31 Å². The quantitative estimate of drug-likeness (QED) is 0.692. The van der Waals surface area contributed by atoms with E-state index in [-0.39, 0.29) is 10.8 Å². The highest BCUT2D eigenvalue weighted by Crippen LogP contribution is 2.29. The van der Waals surface area contributed by atoms with Gasteiger partial charge in [0.15, 0.2) is 0 Å². The number of hydrogen-bond donors (Lipinski definition) is 1. The van der Waals surface area contributed by atoms with Crippen LogP contribution in [0.1, 0.15) is 12.8 Å². The van der Waals surface area contributed by atoms with Crippen molar-refractivity contribution >= 4 is 44.0 Å². The summed E-state index contributed by atoms with van der Waals surface area (Å²) in [5.41, 5.74) is 0.476. The van der Waals surface area contributed by atoms with Crippen LogP contribution in [-0.4, -0.2) is 31.2 Å². The fraction of sp³-hybridized carbons (Fsp3) is 0.190. The van der Waals surface area contributed by atoms with Crippen molar-refractivity contribution in [2.24, 2.45) is 0 Å². The largest absolute Gasteiger partial charge is 0.323 e. The zero-order valence-electron chi connectivity index (χ0n) is 15.0. The van der Waals surface area contributed by atoms with E-state index in [9.17, 15) is 13.2 Å². The van der Waals surface area contributed by atoms with Crippen LogP contribution in [0, 0.1) is 0 Å². The van der Waals surface area contributed by atoms with Gasteiger partial charge in [-0.15, -0.1) is 0 Å². The highest BCUT2D eigenvalue weighted by molar-refractivity contribution is 7.89. The van der Waals surface area contributed by atoms with Crippen LogP contribution in [0.3, 0.4) is 0 Å². The molecule has 1 fully saturated rings. The van der Waals surface area contributed by atoms with Crippen molar-refractivity contribution in [2.75, 3.05) is 11.9 Å². The number of carbonyl (C=O) groups is 1. The van der Waals surface area contributed by atoms with Crippen LogP contribution in [0.4, 0.5) is 5.69 Å². The van der Waals surface area contributed by atoms with Crippen LogP contribution < -0.4 is 5.32 Å². The number of sulfonamides is 1. The Balaban J connectivity index is 1.62. The number of benzene rings is 3. The van der Waals surface area contributed by atoms with E-state index in [0.29, 0.717) is 30.1 Å². The number of amides is 1. The molecule has 0 spiro atoms. The summed E-state index contributed by atoms with van der Waals surface area (Å²) in [4.78, 5) is 13.0. The van der Waals surface area contributed by atoms with Crippen LogP contribution >= 0.6 is 11.6 Å². The molecule has 3 aromatic carbocycles. The number of anilines is 1. The van der Waals surface area contributed by atoms with Crippen molar-refractivity contribution in [3.05, 3.63) is 71.8 Å². The van der Waals surface area contributed by atoms with E-state index in [1.807, 2.05) is 24.3 Å². The average Bonchev–Trinajstić information content (AvgIpc) is 3.20. The standard InChI is InChI=1S/C21H19ClN2O3S/c22-18-8-3-4-9-19(18)23-21(25)20-10-5-13-24(20)28(26,27)17-12-11-15-6-1-2-7-16(15)14-17/h1-4,6-9,11-12,14,20H,5,10,13H2,(H,23,25). The highest BCUT2D eigenvalue weighted by atomic mass is 35.5. The summed E-state index contributed by atoms with van der Waals surface area (Å²) in [5, 5.41) is 4.99. The van der Waals surface area contributed by atoms with Crippen molar-refractivity contribution in [3.63, 3.8) is 0 Å². The molecule has 0 aliphatic carbocycles. The number of halogens is 1. The first-order chi connectivity index (χ1) is 13.5. The maximum atomic E-state index is 13.2. The molecule has 1 saturated heterocycles. The maximum absolute atomic E-state index is 13.2. The predicted molar refractivity (Wildman–Crippen MR) is 111 cm³/mol. The molecule has 1 aliphatic rings. The smallest absolute Gasteiger partial charge is 0.243 e. The lowest BCUT2D eigenvalue weighted by atomic mass is 10.1. The molecule has 7 heteroatoms. The van der Waals surface area contributed by atoms with Crippen LogP contribution in [-0.2, 0) is 14.8 Å². The number of hydrogen-bond acceptors (Lipinski definition) is 3. The number of carbonyl (C=O) groups excluding carboxylic acids is 1. The van der Waals surface area contributed by atoms with Crippen LogP contribution in [0.25, 0.3) is 10.8 Å². The summed E-state index contributed by atoms with van der Waals surface area (Å²) in [6.07, 6.45) is 1.11. The van der Waals surface area contributed by atoms with Crippen molar-refractivity contribution in [1.29, 1.82) is 0 Å². The molecule has 3 aromatic rings. The molecule has 4 rings (SSSR count). The van der Waals surface area contributed by atoms with Gasteiger partial charge in [0.25, 0.3) is 0 Å². The Bertz CT molecular complexity index is 1150. The molecule has 0 saturated carbocycles. The second kappa shape index (κ2) is 7.54. The van der Waals surface area contributed by atoms with Gasteiger partial charge in [-0.05, 0) is 47.9 Å². The molecule has 0 radical (unpaired) electrons. The number of fused-ring (bicyclic) bond motifs is 1. The van der Waals surface area contributed by atoms with Crippen molar-refractivity contribution in [3.8, 4) is 0 Å². The van der Waals surface area contributed by atoms with Crippen LogP contribution in [0.5, 0.6) is 0 Å². The Morgan fingerprint density at radius 1 is 1.00 bits per heavy atom. The third-order valence-electron chi connectivity index (χ3n) is 4.97. The summed E-state index contributed by atoms with van der Waals surface area (Å²) < 4.78 is 27.8. The summed E-state index contributed by atoms with van der Waals surface area (Å²) in [7, 11) is -3.79. The van der Waals surface area contributed by atoms with E-state index in [4.69, 9.17) is 11.6 Å². The lowest BCUT2D eigenvalue weighted by Crippen LogP contribution is -2.43. The Labute approximate surface area is 169 Å². The van der Waals surface area contributed by atoms with Gasteiger partial charge >= 0.3 is 0 Å². The van der Waals surface area contributed by atoms with E-state index >= 15 is 0 Å². The van der Waals surface area contributed by atoms with Crippen LogP contribution in [0.15, 0.2) is 71.6 Å². The van der Waals surface area contributed by atoms with Gasteiger partial charge in [0.1, 0.15) is 6.04 Å². The first-order valence-electron chi connectivity index (χ1n) is 9.03. The molecule has 1 atom stereocenters. The van der Waals surface area contributed by atoms with Crippen molar-refractivity contribution in [1.82, 2.24) is 4.31 Å². The van der Waals surface area contributed by atoms with E-state index in [2.05, 4.69) is 5.32 Å². The van der Waals surface area contributed by atoms with E-state index in [1.54, 1.807) is 42.5 Å². The number of rotatable bonds is 4. The normalized spacial score (nSPS) is 17.7. The first-order valence-corrected chi connectivity index (χ1v) is 10.8. The molecule has 1 N–H and O–H groups in total. The molecule has 0 aromatic heterocycles. The predicted octanol–water partition coefficient (Wildman–Crippen LogP) is 4.29. The van der Waals surface area contributed by atoms with Gasteiger partial charge < -0.3 is 5.32 Å². The number of nitrogens with one attached hydrogen (secondary N) is 1. The molecule has 1 heterocycles. The van der Waals surface area contributed by atoms with E-state index in [1.165, 1.54) is 4.31 Å². The van der Waals surface area contributed by atoms with Crippen molar-refractivity contribution in [2.45, 2.75) is 23.8 Å². The van der Waals surface area contributed by atoms with E-state index in [0.717, 1.165) is 10.8 Å². The maximum Gasteiger partial charge on any atom is 0.243 e. The van der Waals surface area contributed by atoms with Crippen LogP contribution in [0.2, 0.25) is 5.02 Å². The SMILES string of the molecule is O=C(Nc1ccccc1Cl)C1CCCN1S(=O)(=O)c1ccc2ccccc2c1. The minimum absolute atomic E-state index is 0.198. The Kier molecular flexibility index (Phi) is 5.10. The molecule has 1 unspecified atom stereocenters. The number of nitrogens with zero attached hydrogens (tertiary/aromatic N) is 1. The molecular formula is C21H19ClN2O3S. The van der Waals surface area contributed by atoms with Gasteiger partial charge in [-0.25, -0.2) is 8.42 Å². The van der Waals surface area contributed by atoms with Gasteiger partial charge in [0.2, 0.25) is 15.9 Å². The summed E-state index contributed by atoms with van der Waals surface area (Å²) in [6.45, 7) is 0.315. The fourth-order valence-corrected chi connectivity index (χ4v) is 5.41. The highest BCUT2D eigenvalue weighted by Gasteiger charge is 2.39. The Morgan fingerprint density at radius 3 is 2.50 bits per heavy atom. The third-order valence-corrected chi connectivity index (χ3v) is 7.20. The van der Waals surface area contributed by atoms with Gasteiger partial charge in [-0.1, -0.05) is 54.1 Å². The second-order valence-corrected chi connectivity index (χ2v) is 9.05. The molecule has 5 nitrogen and oxygen atoms in total. The monoisotopic (exact) mass is 414 g/mol. The zero-order valence-corrected chi connectivity index (χ0v) is 16.6. The molecule has 144 valence electrons. The molecule has 1 aliphatic heterocycles. The molecule has 0 bridgehead atoms. The fourth-order valence-electron chi connectivity index (χ4n) is 3.53. The van der Waals surface area contributed by atoms with E-state index < -0.39 is 16.1 Å². The van der Waals surface area contributed by atoms with Crippen molar-refractivity contribution < 1.29 is 13.2 Å². The second-order valence-electron chi connectivity index (χ2n) is 6.75. The molecule has 1 amide bonds. The average molecular weight is 415 g/mol. The third kappa shape index (κ3) is 3.51. The lowest BCUT2D eigenvalue weighted by Gasteiger charge is -2.23. The topological polar surface area (TPSA) is 66.5 Å². The Morgan fingerprint density at radius 2 is 1.71 bits per heavy atom. The number of para-hydroxylation sites is 1. The minimum Gasteiger partial charge on any atom is -0.323 e. The first kappa shape index (κ1) is 18.9. The lowest BCUT2D eigenvalue weighted by molar-refractivity contribution is -0.119. The minimum atomic E-state index is -3.79. The summed E-state index contributed by atoms with van der Waals surface area (Å²) >= 11 is 6.11. The molecule has 28 heavy (non-hydrogen) atoms.